The summed E-state index contributed by atoms with van der Waals surface area (Å²) in [7, 11) is 1.89. The van der Waals surface area contributed by atoms with Gasteiger partial charge in [-0.2, -0.15) is 10.5 Å². The SMILES string of the molecule is Cc1c(C#N)sc(N=Nc2ccc(N(C)CCO)cc2)c1C#N. The Morgan fingerprint density at radius 1 is 1.17 bits per heavy atom. The molecule has 1 heterocycles. The van der Waals surface area contributed by atoms with Crippen LogP contribution in [0.25, 0.3) is 0 Å². The average molecular weight is 325 g/mol. The van der Waals surface area contributed by atoms with Crippen molar-refractivity contribution in [2.75, 3.05) is 25.1 Å². The van der Waals surface area contributed by atoms with E-state index in [9.17, 15) is 5.26 Å². The van der Waals surface area contributed by atoms with Crippen LogP contribution in [0.15, 0.2) is 34.5 Å². The first-order chi connectivity index (χ1) is 11.1. The monoisotopic (exact) mass is 325 g/mol. The summed E-state index contributed by atoms with van der Waals surface area (Å²) in [5.41, 5.74) is 2.67. The first kappa shape index (κ1) is 16.6. The number of aliphatic hydroxyl groups is 1. The van der Waals surface area contributed by atoms with Crippen LogP contribution in [-0.4, -0.2) is 25.3 Å². The van der Waals surface area contributed by atoms with Gasteiger partial charge in [-0.3, -0.25) is 0 Å². The highest BCUT2D eigenvalue weighted by atomic mass is 32.1. The number of benzene rings is 1. The lowest BCUT2D eigenvalue weighted by Crippen LogP contribution is -2.20. The molecule has 1 N–H and O–H groups in total. The summed E-state index contributed by atoms with van der Waals surface area (Å²) in [4.78, 5) is 2.41. The smallest absolute Gasteiger partial charge is 0.158 e. The molecular weight excluding hydrogens is 310 g/mol. The number of nitrogens with zero attached hydrogens (tertiary/aromatic N) is 5. The fraction of sp³-hybridized carbons (Fsp3) is 0.250. The van der Waals surface area contributed by atoms with Crippen LogP contribution >= 0.6 is 11.3 Å². The molecule has 0 saturated carbocycles. The largest absolute Gasteiger partial charge is 0.395 e. The van der Waals surface area contributed by atoms with Crippen molar-refractivity contribution in [2.45, 2.75) is 6.92 Å². The predicted molar refractivity (Wildman–Crippen MR) is 89.5 cm³/mol. The zero-order valence-corrected chi connectivity index (χ0v) is 13.6. The molecule has 6 nitrogen and oxygen atoms in total. The van der Waals surface area contributed by atoms with Gasteiger partial charge in [0.15, 0.2) is 5.00 Å². The van der Waals surface area contributed by atoms with Crippen LogP contribution in [0, 0.1) is 29.6 Å². The second-order valence-electron chi connectivity index (χ2n) is 4.82. The summed E-state index contributed by atoms with van der Waals surface area (Å²) < 4.78 is 0. The molecule has 0 aliphatic heterocycles. The molecular formula is C16H15N5OS. The van der Waals surface area contributed by atoms with Gasteiger partial charge < -0.3 is 10.0 Å². The fourth-order valence-electron chi connectivity index (χ4n) is 1.96. The van der Waals surface area contributed by atoms with Gasteiger partial charge in [0.1, 0.15) is 17.0 Å². The lowest BCUT2D eigenvalue weighted by atomic mass is 10.2. The maximum atomic E-state index is 9.17. The Balaban J connectivity index is 2.21. The maximum Gasteiger partial charge on any atom is 0.158 e. The van der Waals surface area contributed by atoms with Crippen molar-refractivity contribution < 1.29 is 5.11 Å². The number of azo groups is 1. The van der Waals surface area contributed by atoms with Gasteiger partial charge in [-0.1, -0.05) is 0 Å². The molecule has 0 spiro atoms. The topological polar surface area (TPSA) is 95.8 Å². The molecule has 0 atom stereocenters. The van der Waals surface area contributed by atoms with Gasteiger partial charge in [-0.15, -0.1) is 21.6 Å². The molecule has 23 heavy (non-hydrogen) atoms. The third-order valence-corrected chi connectivity index (χ3v) is 4.40. The van der Waals surface area contributed by atoms with E-state index in [-0.39, 0.29) is 6.61 Å². The van der Waals surface area contributed by atoms with Gasteiger partial charge in [0.05, 0.1) is 17.9 Å². The van der Waals surface area contributed by atoms with Gasteiger partial charge in [-0.05, 0) is 36.8 Å². The van der Waals surface area contributed by atoms with Gasteiger partial charge in [0.25, 0.3) is 0 Å². The Labute approximate surface area is 138 Å². The van der Waals surface area contributed by atoms with Crippen LogP contribution in [0.2, 0.25) is 0 Å². The number of aliphatic hydroxyl groups excluding tert-OH is 1. The van der Waals surface area contributed by atoms with Crippen LogP contribution in [0.5, 0.6) is 0 Å². The first-order valence-electron chi connectivity index (χ1n) is 6.88. The lowest BCUT2D eigenvalue weighted by molar-refractivity contribution is 0.304. The summed E-state index contributed by atoms with van der Waals surface area (Å²) in [6.07, 6.45) is 0. The van der Waals surface area contributed by atoms with Crippen molar-refractivity contribution in [3.05, 3.63) is 40.3 Å². The minimum absolute atomic E-state index is 0.0911. The molecule has 0 radical (unpaired) electrons. The van der Waals surface area contributed by atoms with E-state index >= 15 is 0 Å². The normalized spacial score (nSPS) is 10.5. The van der Waals surface area contributed by atoms with Crippen molar-refractivity contribution in [1.29, 1.82) is 10.5 Å². The fourth-order valence-corrected chi connectivity index (χ4v) is 2.84. The number of anilines is 1. The molecule has 0 amide bonds. The Kier molecular flexibility index (Phi) is 5.42. The van der Waals surface area contributed by atoms with Gasteiger partial charge >= 0.3 is 0 Å². The first-order valence-corrected chi connectivity index (χ1v) is 7.69. The van der Waals surface area contributed by atoms with E-state index in [4.69, 9.17) is 10.4 Å². The van der Waals surface area contributed by atoms with E-state index in [2.05, 4.69) is 22.4 Å². The van der Waals surface area contributed by atoms with E-state index in [1.165, 1.54) is 0 Å². The van der Waals surface area contributed by atoms with E-state index in [1.807, 2.05) is 36.2 Å². The summed E-state index contributed by atoms with van der Waals surface area (Å²) >= 11 is 1.16. The maximum absolute atomic E-state index is 9.17. The van der Waals surface area contributed by atoms with Crippen molar-refractivity contribution in [3.63, 3.8) is 0 Å². The Bertz CT molecular complexity index is 796. The predicted octanol–water partition coefficient (Wildman–Crippen LogP) is 3.64. The lowest BCUT2D eigenvalue weighted by Gasteiger charge is -2.17. The quantitative estimate of drug-likeness (QED) is 0.849. The summed E-state index contributed by atoms with van der Waals surface area (Å²) in [5, 5.41) is 35.8. The summed E-state index contributed by atoms with van der Waals surface area (Å²) in [5.74, 6) is 0. The molecule has 1 aromatic heterocycles. The van der Waals surface area contributed by atoms with E-state index in [1.54, 1.807) is 6.92 Å². The summed E-state index contributed by atoms with van der Waals surface area (Å²) in [6.45, 7) is 2.38. The molecule has 116 valence electrons. The van der Waals surface area contributed by atoms with Crippen molar-refractivity contribution in [1.82, 2.24) is 0 Å². The van der Waals surface area contributed by atoms with Crippen LogP contribution in [0.3, 0.4) is 0 Å². The molecule has 0 aliphatic carbocycles. The van der Waals surface area contributed by atoms with Crippen molar-refractivity contribution in [3.8, 4) is 12.1 Å². The van der Waals surface area contributed by atoms with E-state index < -0.39 is 0 Å². The summed E-state index contributed by atoms with van der Waals surface area (Å²) in [6, 6.07) is 11.5. The molecule has 2 aromatic rings. The van der Waals surface area contributed by atoms with Gasteiger partial charge in [0.2, 0.25) is 0 Å². The third kappa shape index (κ3) is 3.72. The number of hydrogen-bond donors (Lipinski definition) is 1. The molecule has 7 heteroatoms. The van der Waals surface area contributed by atoms with E-state index in [0.717, 1.165) is 17.0 Å². The van der Waals surface area contributed by atoms with Crippen LogP contribution in [-0.2, 0) is 0 Å². The van der Waals surface area contributed by atoms with E-state index in [0.29, 0.717) is 33.2 Å². The van der Waals surface area contributed by atoms with Crippen LogP contribution in [0.1, 0.15) is 16.0 Å². The standard InChI is InChI=1S/C16H15N5OS/c1-11-14(9-17)16(23-15(11)10-18)20-19-12-3-5-13(6-4-12)21(2)7-8-22/h3-6,22H,7-8H2,1-2H3. The Morgan fingerprint density at radius 3 is 2.43 bits per heavy atom. The molecule has 1 aromatic carbocycles. The molecule has 0 bridgehead atoms. The number of rotatable bonds is 5. The minimum Gasteiger partial charge on any atom is -0.395 e. The number of nitriles is 2. The zero-order chi connectivity index (χ0) is 16.8. The molecule has 2 rings (SSSR count). The van der Waals surface area contributed by atoms with Crippen LogP contribution in [0.4, 0.5) is 16.4 Å². The zero-order valence-electron chi connectivity index (χ0n) is 12.8. The number of hydrogen-bond acceptors (Lipinski definition) is 7. The molecule has 0 saturated heterocycles. The highest BCUT2D eigenvalue weighted by Gasteiger charge is 2.14. The van der Waals surface area contributed by atoms with Crippen molar-refractivity contribution in [2.24, 2.45) is 10.2 Å². The molecule has 0 unspecified atom stereocenters. The van der Waals surface area contributed by atoms with Crippen LogP contribution < -0.4 is 4.90 Å². The third-order valence-electron chi connectivity index (χ3n) is 3.32. The Hall–Kier alpha value is -2.74. The Morgan fingerprint density at radius 2 is 1.87 bits per heavy atom. The number of thiophene rings is 1. The average Bonchev–Trinajstić information content (AvgIpc) is 2.88. The van der Waals surface area contributed by atoms with Gasteiger partial charge in [0, 0.05) is 19.3 Å². The molecule has 0 fully saturated rings. The van der Waals surface area contributed by atoms with Gasteiger partial charge in [-0.25, -0.2) is 0 Å². The number of likely N-dealkylation sites (N-methyl/N-ethyl adjacent to an activating group) is 1. The minimum atomic E-state index is 0.0911. The highest BCUT2D eigenvalue weighted by molar-refractivity contribution is 7.16. The highest BCUT2D eigenvalue weighted by Crippen LogP contribution is 2.35. The molecule has 0 aliphatic rings. The second-order valence-corrected chi connectivity index (χ2v) is 5.82. The second kappa shape index (κ2) is 7.50. The van der Waals surface area contributed by atoms with Crippen molar-refractivity contribution >= 4 is 27.7 Å².